The van der Waals surface area contributed by atoms with Gasteiger partial charge in [0.05, 0.1) is 0 Å². The van der Waals surface area contributed by atoms with Gasteiger partial charge in [0.1, 0.15) is 0 Å². The third-order valence-corrected chi connectivity index (χ3v) is 3.90. The van der Waals surface area contributed by atoms with E-state index in [0.29, 0.717) is 5.30 Å². The van der Waals surface area contributed by atoms with E-state index in [4.69, 9.17) is 22.5 Å². The predicted octanol–water partition coefficient (Wildman–Crippen LogP) is 4.11. The minimum atomic E-state index is -3.17. The van der Waals surface area contributed by atoms with Crippen LogP contribution in [0.3, 0.4) is 0 Å². The van der Waals surface area contributed by atoms with Gasteiger partial charge in [-0.05, 0) is 40.0 Å². The summed E-state index contributed by atoms with van der Waals surface area (Å²) in [6, 6.07) is 7.30. The van der Waals surface area contributed by atoms with Gasteiger partial charge >= 0.3 is 0 Å². The highest BCUT2D eigenvalue weighted by atomic mass is 35.9. The van der Waals surface area contributed by atoms with Crippen molar-refractivity contribution in [2.45, 2.75) is 19.8 Å². The molecule has 0 aliphatic carbocycles. The molecule has 0 N–H and O–H groups in total. The van der Waals surface area contributed by atoms with Crippen molar-refractivity contribution < 1.29 is 4.57 Å². The molecule has 0 saturated carbocycles. The zero-order chi connectivity index (χ0) is 10.1. The van der Waals surface area contributed by atoms with E-state index in [1.54, 1.807) is 12.1 Å². The van der Waals surface area contributed by atoms with Crippen LogP contribution in [0.1, 0.15) is 25.3 Å². The standard InChI is InChI=1S/C9H11Cl2OP/c1-7(2)8-5-3-4-6-9(8)13(10,11)12/h3-7H,1-2H3. The molecule has 0 spiro atoms. The van der Waals surface area contributed by atoms with Gasteiger partial charge in [-0.15, -0.1) is 0 Å². The van der Waals surface area contributed by atoms with E-state index < -0.39 is 5.85 Å². The Hall–Kier alpha value is 0.0300. The quantitative estimate of drug-likeness (QED) is 0.707. The summed E-state index contributed by atoms with van der Waals surface area (Å²) in [5.74, 6) is -2.89. The van der Waals surface area contributed by atoms with Crippen LogP contribution in [0.25, 0.3) is 0 Å². The molecule has 13 heavy (non-hydrogen) atoms. The first-order valence-electron chi connectivity index (χ1n) is 4.01. The Morgan fingerprint density at radius 1 is 1.23 bits per heavy atom. The van der Waals surface area contributed by atoms with E-state index >= 15 is 0 Å². The predicted molar refractivity (Wildman–Crippen MR) is 59.5 cm³/mol. The number of hydrogen-bond donors (Lipinski definition) is 0. The van der Waals surface area contributed by atoms with Gasteiger partial charge < -0.3 is 0 Å². The second kappa shape index (κ2) is 4.04. The zero-order valence-corrected chi connectivity index (χ0v) is 9.90. The van der Waals surface area contributed by atoms with E-state index in [2.05, 4.69) is 0 Å². The molecule has 1 nitrogen and oxygen atoms in total. The molecular weight excluding hydrogens is 226 g/mol. The van der Waals surface area contributed by atoms with E-state index in [0.717, 1.165) is 5.56 Å². The lowest BCUT2D eigenvalue weighted by Crippen LogP contribution is -2.07. The summed E-state index contributed by atoms with van der Waals surface area (Å²) in [5.41, 5.74) is 0.954. The molecule has 0 radical (unpaired) electrons. The van der Waals surface area contributed by atoms with Gasteiger partial charge in [0, 0.05) is 5.30 Å². The first kappa shape index (κ1) is 11.1. The van der Waals surface area contributed by atoms with E-state index in [-0.39, 0.29) is 5.92 Å². The first-order valence-corrected chi connectivity index (χ1v) is 7.53. The van der Waals surface area contributed by atoms with Crippen LogP contribution in [0, 0.1) is 0 Å². The topological polar surface area (TPSA) is 17.1 Å². The highest BCUT2D eigenvalue weighted by Crippen LogP contribution is 2.56. The summed E-state index contributed by atoms with van der Waals surface area (Å²) in [6.07, 6.45) is 0. The molecule has 0 amide bonds. The van der Waals surface area contributed by atoms with Gasteiger partial charge in [0.2, 0.25) is 0 Å². The largest absolute Gasteiger partial charge is 0.284 e. The molecule has 0 atom stereocenters. The number of hydrogen-bond acceptors (Lipinski definition) is 1. The lowest BCUT2D eigenvalue weighted by molar-refractivity contribution is 0.597. The van der Waals surface area contributed by atoms with Crippen molar-refractivity contribution in [2.24, 2.45) is 0 Å². The molecule has 1 rings (SSSR count). The van der Waals surface area contributed by atoms with E-state index in [9.17, 15) is 4.57 Å². The van der Waals surface area contributed by atoms with Crippen LogP contribution in [0.5, 0.6) is 0 Å². The monoisotopic (exact) mass is 236 g/mol. The van der Waals surface area contributed by atoms with Crippen LogP contribution in [0.2, 0.25) is 0 Å². The van der Waals surface area contributed by atoms with Crippen molar-refractivity contribution >= 4 is 33.6 Å². The molecule has 72 valence electrons. The molecule has 4 heteroatoms. The maximum Gasteiger partial charge on any atom is 0.282 e. The summed E-state index contributed by atoms with van der Waals surface area (Å²) < 4.78 is 11.5. The second-order valence-corrected chi connectivity index (χ2v) is 7.96. The summed E-state index contributed by atoms with van der Waals surface area (Å²) in [6.45, 7) is 4.03. The molecular formula is C9H11Cl2OP. The average molecular weight is 237 g/mol. The molecule has 0 aliphatic rings. The Balaban J connectivity index is 3.29. The number of benzene rings is 1. The van der Waals surface area contributed by atoms with E-state index in [1.807, 2.05) is 26.0 Å². The van der Waals surface area contributed by atoms with Crippen molar-refractivity contribution in [1.82, 2.24) is 0 Å². The Labute approximate surface area is 88.0 Å². The van der Waals surface area contributed by atoms with Gasteiger partial charge in [0.25, 0.3) is 5.85 Å². The molecule has 1 aromatic rings. The minimum Gasteiger partial charge on any atom is -0.284 e. The third-order valence-electron chi connectivity index (χ3n) is 1.84. The Kier molecular flexibility index (Phi) is 3.45. The van der Waals surface area contributed by atoms with Crippen molar-refractivity contribution in [1.29, 1.82) is 0 Å². The van der Waals surface area contributed by atoms with Crippen LogP contribution in [0.15, 0.2) is 24.3 Å². The first-order chi connectivity index (χ1) is 5.93. The lowest BCUT2D eigenvalue weighted by Gasteiger charge is -2.12. The smallest absolute Gasteiger partial charge is 0.282 e. The van der Waals surface area contributed by atoms with Gasteiger partial charge in [-0.3, -0.25) is 4.57 Å². The minimum absolute atomic E-state index is 0.280. The summed E-state index contributed by atoms with van der Waals surface area (Å²) >= 11 is 11.3. The molecule has 0 aliphatic heterocycles. The molecule has 0 unspecified atom stereocenters. The summed E-state index contributed by atoms with van der Waals surface area (Å²) in [4.78, 5) is 0. The van der Waals surface area contributed by atoms with Crippen molar-refractivity contribution in [3.63, 3.8) is 0 Å². The normalized spacial score (nSPS) is 12.1. The molecule has 0 fully saturated rings. The summed E-state index contributed by atoms with van der Waals surface area (Å²) in [5, 5.41) is 0.563. The van der Waals surface area contributed by atoms with Gasteiger partial charge in [-0.2, -0.15) is 0 Å². The fraction of sp³-hybridized carbons (Fsp3) is 0.333. The number of rotatable bonds is 2. The van der Waals surface area contributed by atoms with Gasteiger partial charge in [-0.25, -0.2) is 0 Å². The zero-order valence-electron chi connectivity index (χ0n) is 7.50. The average Bonchev–Trinajstić information content (AvgIpc) is 2.03. The highest BCUT2D eigenvalue weighted by molar-refractivity contribution is 8.13. The molecule has 0 heterocycles. The highest BCUT2D eigenvalue weighted by Gasteiger charge is 2.21. The van der Waals surface area contributed by atoms with Crippen LogP contribution in [-0.2, 0) is 4.57 Å². The van der Waals surface area contributed by atoms with Crippen molar-refractivity contribution in [3.8, 4) is 0 Å². The Morgan fingerprint density at radius 3 is 2.15 bits per heavy atom. The molecule has 0 bridgehead atoms. The van der Waals surface area contributed by atoms with Gasteiger partial charge in [0.15, 0.2) is 0 Å². The lowest BCUT2D eigenvalue weighted by atomic mass is 10.0. The molecule has 1 aromatic carbocycles. The molecule has 0 aromatic heterocycles. The van der Waals surface area contributed by atoms with Crippen LogP contribution in [0.4, 0.5) is 0 Å². The Morgan fingerprint density at radius 2 is 1.77 bits per heavy atom. The van der Waals surface area contributed by atoms with E-state index in [1.165, 1.54) is 0 Å². The second-order valence-electron chi connectivity index (χ2n) is 3.18. The maximum atomic E-state index is 11.5. The van der Waals surface area contributed by atoms with Crippen molar-refractivity contribution in [2.75, 3.05) is 0 Å². The molecule has 0 saturated heterocycles. The van der Waals surface area contributed by atoms with Gasteiger partial charge in [-0.1, -0.05) is 32.0 Å². The third kappa shape index (κ3) is 2.74. The van der Waals surface area contributed by atoms with Crippen molar-refractivity contribution in [3.05, 3.63) is 29.8 Å². The SMILES string of the molecule is CC(C)c1ccccc1P(=O)(Cl)Cl. The van der Waals surface area contributed by atoms with Crippen LogP contribution < -0.4 is 5.30 Å². The number of halogens is 2. The maximum absolute atomic E-state index is 11.5. The van der Waals surface area contributed by atoms with Crippen LogP contribution >= 0.6 is 28.3 Å². The fourth-order valence-electron chi connectivity index (χ4n) is 1.21. The van der Waals surface area contributed by atoms with Crippen LogP contribution in [-0.4, -0.2) is 0 Å². The fourth-order valence-corrected chi connectivity index (χ4v) is 3.03. The Bertz CT molecular complexity index is 343. The summed E-state index contributed by atoms with van der Waals surface area (Å²) in [7, 11) is 0.